The molecule has 0 amide bonds. The molecule has 4 rings (SSSR count). The summed E-state index contributed by atoms with van der Waals surface area (Å²) in [6.07, 6.45) is -2.78. The van der Waals surface area contributed by atoms with Gasteiger partial charge in [-0.3, -0.25) is 4.79 Å². The van der Waals surface area contributed by atoms with Crippen molar-refractivity contribution in [1.82, 2.24) is 4.57 Å². The minimum atomic E-state index is -4.41. The van der Waals surface area contributed by atoms with E-state index >= 15 is 0 Å². The predicted octanol–water partition coefficient (Wildman–Crippen LogP) is 7.42. The molecule has 7 heteroatoms. The Morgan fingerprint density at radius 1 is 0.838 bits per heavy atom. The lowest BCUT2D eigenvalue weighted by molar-refractivity contribution is -0.138. The minimum Gasteiger partial charge on any atom is -0.460 e. The number of halogens is 3. The molecule has 0 spiro atoms. The van der Waals surface area contributed by atoms with Gasteiger partial charge in [0.1, 0.15) is 0 Å². The number of hydrogen-bond acceptors (Lipinski definition) is 3. The molecule has 0 saturated carbocycles. The number of Topliss-reactive ketones (excluding diaryl/α,β-unsaturated/α-hetero) is 1. The summed E-state index contributed by atoms with van der Waals surface area (Å²) in [6, 6.07) is 18.4. The molecule has 0 aliphatic rings. The number of nitrogens with zero attached hydrogens (tertiary/aromatic N) is 1. The molecule has 192 valence electrons. The lowest BCUT2D eigenvalue weighted by Gasteiger charge is -2.19. The molecule has 0 bridgehead atoms. The SMILES string of the molecule is CCOC(=O)C(=O)c1cn(Cc2ccc(C(C)(C)C)cc2)c2cc(-c3ccc(C(F)(F)F)cc3)ccc12. The highest BCUT2D eigenvalue weighted by molar-refractivity contribution is 6.43. The van der Waals surface area contributed by atoms with E-state index in [4.69, 9.17) is 4.74 Å². The Balaban J connectivity index is 1.78. The second-order valence-corrected chi connectivity index (χ2v) is 9.97. The normalized spacial score (nSPS) is 12.1. The van der Waals surface area contributed by atoms with Crippen molar-refractivity contribution in [3.8, 4) is 11.1 Å². The second kappa shape index (κ2) is 9.88. The van der Waals surface area contributed by atoms with Crippen molar-refractivity contribution < 1.29 is 27.5 Å². The third-order valence-corrected chi connectivity index (χ3v) is 6.31. The monoisotopic (exact) mass is 507 g/mol. The second-order valence-electron chi connectivity index (χ2n) is 9.97. The number of esters is 1. The molecule has 0 atom stereocenters. The van der Waals surface area contributed by atoms with Crippen molar-refractivity contribution in [2.75, 3.05) is 6.61 Å². The summed E-state index contributed by atoms with van der Waals surface area (Å²) in [5, 5.41) is 0.569. The van der Waals surface area contributed by atoms with E-state index in [0.29, 0.717) is 28.6 Å². The van der Waals surface area contributed by atoms with Crippen LogP contribution in [0.3, 0.4) is 0 Å². The van der Waals surface area contributed by atoms with E-state index in [9.17, 15) is 22.8 Å². The van der Waals surface area contributed by atoms with Gasteiger partial charge in [0.2, 0.25) is 0 Å². The van der Waals surface area contributed by atoms with Gasteiger partial charge in [-0.2, -0.15) is 13.2 Å². The number of ether oxygens (including phenoxy) is 1. The summed E-state index contributed by atoms with van der Waals surface area (Å²) in [5.74, 6) is -1.67. The molecule has 0 N–H and O–H groups in total. The number of alkyl halides is 3. The Morgan fingerprint density at radius 3 is 2.00 bits per heavy atom. The summed E-state index contributed by atoms with van der Waals surface area (Å²) in [5.41, 5.74) is 3.69. The van der Waals surface area contributed by atoms with Crippen LogP contribution >= 0.6 is 0 Å². The first-order valence-electron chi connectivity index (χ1n) is 12.0. The topological polar surface area (TPSA) is 48.3 Å². The van der Waals surface area contributed by atoms with Gasteiger partial charge in [0.25, 0.3) is 5.78 Å². The Morgan fingerprint density at radius 2 is 1.43 bits per heavy atom. The smallest absolute Gasteiger partial charge is 0.416 e. The quantitative estimate of drug-likeness (QED) is 0.155. The Labute approximate surface area is 213 Å². The van der Waals surface area contributed by atoms with E-state index in [2.05, 4.69) is 32.9 Å². The van der Waals surface area contributed by atoms with Gasteiger partial charge in [0.05, 0.1) is 17.7 Å². The third-order valence-electron chi connectivity index (χ3n) is 6.31. The number of ketones is 1. The predicted molar refractivity (Wildman–Crippen MR) is 138 cm³/mol. The van der Waals surface area contributed by atoms with Crippen LogP contribution in [0.25, 0.3) is 22.0 Å². The highest BCUT2D eigenvalue weighted by Gasteiger charge is 2.30. The van der Waals surface area contributed by atoms with E-state index in [1.807, 2.05) is 22.8 Å². The lowest BCUT2D eigenvalue weighted by atomic mass is 9.87. The van der Waals surface area contributed by atoms with E-state index in [0.717, 1.165) is 17.7 Å². The molecule has 37 heavy (non-hydrogen) atoms. The molecule has 1 heterocycles. The van der Waals surface area contributed by atoms with E-state index in [-0.39, 0.29) is 17.6 Å². The highest BCUT2D eigenvalue weighted by Crippen LogP contribution is 2.33. The van der Waals surface area contributed by atoms with Crippen LogP contribution in [0.15, 0.2) is 72.9 Å². The fourth-order valence-electron chi connectivity index (χ4n) is 4.25. The van der Waals surface area contributed by atoms with Gasteiger partial charge in [-0.1, -0.05) is 69.3 Å². The van der Waals surface area contributed by atoms with Crippen molar-refractivity contribution in [3.63, 3.8) is 0 Å². The number of benzene rings is 3. The Bertz CT molecular complexity index is 1440. The van der Waals surface area contributed by atoms with Crippen molar-refractivity contribution in [1.29, 1.82) is 0 Å². The standard InChI is InChI=1S/C30H28F3NO3/c1-5-37-28(36)27(35)25-18-34(17-19-6-11-22(12-7-19)29(2,3)4)26-16-21(10-15-24(25)26)20-8-13-23(14-9-20)30(31,32)33/h6-16,18H,5,17H2,1-4H3. The van der Waals surface area contributed by atoms with E-state index in [1.165, 1.54) is 17.7 Å². The number of rotatable bonds is 6. The molecule has 3 aromatic carbocycles. The van der Waals surface area contributed by atoms with Crippen LogP contribution in [-0.4, -0.2) is 22.9 Å². The van der Waals surface area contributed by atoms with Gasteiger partial charge in [-0.05, 0) is 52.8 Å². The molecule has 0 saturated heterocycles. The van der Waals surface area contributed by atoms with Crippen molar-refractivity contribution in [2.45, 2.75) is 45.8 Å². The molecular weight excluding hydrogens is 479 g/mol. The van der Waals surface area contributed by atoms with E-state index in [1.54, 1.807) is 25.3 Å². The summed E-state index contributed by atoms with van der Waals surface area (Å²) in [6.45, 7) is 8.56. The summed E-state index contributed by atoms with van der Waals surface area (Å²) in [4.78, 5) is 25.1. The van der Waals surface area contributed by atoms with Gasteiger partial charge >= 0.3 is 12.1 Å². The van der Waals surface area contributed by atoms with Gasteiger partial charge in [0, 0.05) is 23.6 Å². The zero-order valence-corrected chi connectivity index (χ0v) is 21.1. The van der Waals surface area contributed by atoms with Crippen LogP contribution in [0.5, 0.6) is 0 Å². The number of carbonyl (C=O) groups is 2. The zero-order valence-electron chi connectivity index (χ0n) is 21.1. The highest BCUT2D eigenvalue weighted by atomic mass is 19.4. The summed E-state index contributed by atoms with van der Waals surface area (Å²) >= 11 is 0. The number of fused-ring (bicyclic) bond motifs is 1. The van der Waals surface area contributed by atoms with Crippen molar-refractivity contribution in [2.24, 2.45) is 0 Å². The van der Waals surface area contributed by atoms with Crippen LogP contribution in [0.1, 0.15) is 54.7 Å². The maximum Gasteiger partial charge on any atom is 0.416 e. The molecule has 4 nitrogen and oxygen atoms in total. The molecule has 0 fully saturated rings. The van der Waals surface area contributed by atoms with Gasteiger partial charge in [-0.25, -0.2) is 4.79 Å². The van der Waals surface area contributed by atoms with Gasteiger partial charge in [0.15, 0.2) is 0 Å². The third kappa shape index (κ3) is 5.61. The van der Waals surface area contributed by atoms with Crippen LogP contribution < -0.4 is 0 Å². The average molecular weight is 508 g/mol. The fourth-order valence-corrected chi connectivity index (χ4v) is 4.25. The molecule has 1 aromatic heterocycles. The van der Waals surface area contributed by atoms with Crippen LogP contribution in [-0.2, 0) is 27.7 Å². The first-order valence-corrected chi connectivity index (χ1v) is 12.0. The Hall–Kier alpha value is -3.87. The molecular formula is C30H28F3NO3. The summed E-state index contributed by atoms with van der Waals surface area (Å²) in [7, 11) is 0. The molecule has 0 unspecified atom stereocenters. The van der Waals surface area contributed by atoms with Crippen LogP contribution in [0.2, 0.25) is 0 Å². The largest absolute Gasteiger partial charge is 0.460 e. The number of hydrogen-bond donors (Lipinski definition) is 0. The van der Waals surface area contributed by atoms with Crippen LogP contribution in [0.4, 0.5) is 13.2 Å². The van der Waals surface area contributed by atoms with Crippen molar-refractivity contribution in [3.05, 3.63) is 95.2 Å². The zero-order chi connectivity index (χ0) is 27.0. The molecule has 0 radical (unpaired) electrons. The maximum absolute atomic E-state index is 13.0. The molecule has 4 aromatic rings. The first-order chi connectivity index (χ1) is 17.4. The fraction of sp³-hybridized carbons (Fsp3) is 0.267. The number of aromatic nitrogens is 1. The van der Waals surface area contributed by atoms with Gasteiger partial charge in [-0.15, -0.1) is 0 Å². The van der Waals surface area contributed by atoms with E-state index < -0.39 is 23.5 Å². The van der Waals surface area contributed by atoms with Crippen molar-refractivity contribution >= 4 is 22.7 Å². The first kappa shape index (κ1) is 26.2. The van der Waals surface area contributed by atoms with Crippen LogP contribution in [0, 0.1) is 0 Å². The molecule has 0 aliphatic heterocycles. The average Bonchev–Trinajstić information content (AvgIpc) is 3.20. The molecule has 0 aliphatic carbocycles. The summed E-state index contributed by atoms with van der Waals surface area (Å²) < 4.78 is 45.8. The number of carbonyl (C=O) groups excluding carboxylic acids is 2. The Kier molecular flexibility index (Phi) is 7.00. The maximum atomic E-state index is 13.0. The lowest BCUT2D eigenvalue weighted by Crippen LogP contribution is -2.17. The minimum absolute atomic E-state index is 0.00840. The van der Waals surface area contributed by atoms with Gasteiger partial charge < -0.3 is 9.30 Å².